The monoisotopic (exact) mass is 512 g/mol. The van der Waals surface area contributed by atoms with Gasteiger partial charge in [0, 0.05) is 29.0 Å². The van der Waals surface area contributed by atoms with Crippen molar-refractivity contribution in [3.05, 3.63) is 92.2 Å². The van der Waals surface area contributed by atoms with Gasteiger partial charge in [-0.1, -0.05) is 58.4 Å². The topological polar surface area (TPSA) is 76.7 Å². The molecule has 0 spiro atoms. The molecule has 0 bridgehead atoms. The zero-order valence-electron chi connectivity index (χ0n) is 19.3. The number of hydrogen-bond donors (Lipinski definition) is 2. The van der Waals surface area contributed by atoms with E-state index in [0.717, 1.165) is 23.1 Å². The summed E-state index contributed by atoms with van der Waals surface area (Å²) in [5.74, 6) is -1.49. The number of allylic oxidation sites excluding steroid dienone is 2. The average molecular weight is 513 g/mol. The molecule has 6 nitrogen and oxygen atoms in total. The van der Waals surface area contributed by atoms with Crippen LogP contribution in [0.2, 0.25) is 0 Å². The van der Waals surface area contributed by atoms with E-state index in [2.05, 4.69) is 50.8 Å². The maximum Gasteiger partial charge on any atom is 0.336 e. The number of nitrogens with one attached hydrogen (secondary N) is 2. The molecule has 2 heterocycles. The maximum atomic E-state index is 12.6. The molecule has 0 radical (unpaired) electrons. The molecule has 1 unspecified atom stereocenters. The number of methoxy groups -OCH3 is 1. The fraction of sp³-hybridized carbons (Fsp3) is 0.308. The van der Waals surface area contributed by atoms with E-state index < -0.39 is 17.9 Å². The predicted molar refractivity (Wildman–Crippen MR) is 131 cm³/mol. The minimum absolute atomic E-state index is 0.258. The van der Waals surface area contributed by atoms with E-state index in [4.69, 9.17) is 9.47 Å². The predicted octanol–water partition coefficient (Wildman–Crippen LogP) is 4.71. The number of fused-ring (bicyclic) bond motifs is 1. The van der Waals surface area contributed by atoms with Crippen molar-refractivity contribution < 1.29 is 19.1 Å². The van der Waals surface area contributed by atoms with Gasteiger partial charge in [-0.25, -0.2) is 9.59 Å². The summed E-state index contributed by atoms with van der Waals surface area (Å²) in [5.41, 5.74) is 5.86. The lowest BCUT2D eigenvalue weighted by Crippen LogP contribution is -2.32. The summed E-state index contributed by atoms with van der Waals surface area (Å²) < 4.78 is 11.0. The highest BCUT2D eigenvalue weighted by Crippen LogP contribution is 2.41. The molecule has 0 saturated carbocycles. The number of hydrogen-bond acceptors (Lipinski definition) is 6. The third-order valence-electron chi connectivity index (χ3n) is 5.63. The molecule has 2 aromatic rings. The van der Waals surface area contributed by atoms with Crippen LogP contribution in [0.25, 0.3) is 0 Å². The molecule has 2 aromatic carbocycles. The van der Waals surface area contributed by atoms with Crippen molar-refractivity contribution in [3.63, 3.8) is 0 Å². The molecule has 4 rings (SSSR count). The van der Waals surface area contributed by atoms with Crippen molar-refractivity contribution in [2.45, 2.75) is 39.8 Å². The first-order chi connectivity index (χ1) is 15.9. The Kier molecular flexibility index (Phi) is 8.47. The van der Waals surface area contributed by atoms with Gasteiger partial charge in [0.05, 0.1) is 30.8 Å². The summed E-state index contributed by atoms with van der Waals surface area (Å²) in [7, 11) is 1.33. The number of benzene rings is 2. The fourth-order valence-electron chi connectivity index (χ4n) is 4.11. The lowest BCUT2D eigenvalue weighted by molar-refractivity contribution is -0.139. The molecule has 33 heavy (non-hydrogen) atoms. The van der Waals surface area contributed by atoms with Crippen LogP contribution in [0.15, 0.2) is 75.5 Å². The Morgan fingerprint density at radius 2 is 1.48 bits per heavy atom. The SMILES string of the molecule is CCOC(=O)C1=C(C)NC(C)=C(C(=O)OC)C1c1ccccc1Br.c1ccc2c(c1)CNC2. The van der Waals surface area contributed by atoms with Crippen molar-refractivity contribution in [3.8, 4) is 0 Å². The van der Waals surface area contributed by atoms with Crippen LogP contribution in [0.5, 0.6) is 0 Å². The van der Waals surface area contributed by atoms with Crippen molar-refractivity contribution in [1.82, 2.24) is 10.6 Å². The smallest absolute Gasteiger partial charge is 0.336 e. The highest BCUT2D eigenvalue weighted by atomic mass is 79.9. The molecular formula is C26H29BrN2O4. The van der Waals surface area contributed by atoms with Gasteiger partial charge in [-0.05, 0) is 43.5 Å². The normalized spacial score (nSPS) is 16.9. The summed E-state index contributed by atoms with van der Waals surface area (Å²) in [5, 5.41) is 6.38. The maximum absolute atomic E-state index is 12.6. The van der Waals surface area contributed by atoms with Gasteiger partial charge < -0.3 is 20.1 Å². The molecule has 174 valence electrons. The molecule has 0 aromatic heterocycles. The van der Waals surface area contributed by atoms with Gasteiger partial charge in [0.15, 0.2) is 0 Å². The molecule has 2 N–H and O–H groups in total. The van der Waals surface area contributed by atoms with E-state index in [9.17, 15) is 9.59 Å². The third-order valence-corrected chi connectivity index (χ3v) is 6.35. The first-order valence-corrected chi connectivity index (χ1v) is 11.6. The second-order valence-corrected chi connectivity index (χ2v) is 8.60. The standard InChI is InChI=1S/C18H20BrNO4.C8H9N/c1-5-24-18(22)15-11(3)20-10(2)14(17(21)23-4)16(15)12-8-6-7-9-13(12)19;1-2-4-8-6-9-5-7(8)3-1/h6-9,16,20H,5H2,1-4H3;1-4,9H,5-6H2. The molecular weight excluding hydrogens is 484 g/mol. The first kappa shape index (κ1) is 24.7. The second-order valence-electron chi connectivity index (χ2n) is 7.74. The van der Waals surface area contributed by atoms with Gasteiger partial charge in [0.2, 0.25) is 0 Å². The van der Waals surface area contributed by atoms with Gasteiger partial charge in [0.1, 0.15) is 0 Å². The zero-order chi connectivity index (χ0) is 24.0. The lowest BCUT2D eigenvalue weighted by Gasteiger charge is -2.30. The van der Waals surface area contributed by atoms with E-state index in [0.29, 0.717) is 22.5 Å². The Labute approximate surface area is 203 Å². The van der Waals surface area contributed by atoms with E-state index in [1.165, 1.54) is 18.2 Å². The molecule has 1 atom stereocenters. The van der Waals surface area contributed by atoms with Crippen LogP contribution in [0.1, 0.15) is 43.4 Å². The molecule has 2 aliphatic heterocycles. The van der Waals surface area contributed by atoms with Gasteiger partial charge in [-0.2, -0.15) is 0 Å². The number of carbonyl (C=O) groups is 2. The Bertz CT molecular complexity index is 1080. The minimum Gasteiger partial charge on any atom is -0.466 e. The largest absolute Gasteiger partial charge is 0.466 e. The number of esters is 2. The summed E-state index contributed by atoms with van der Waals surface area (Å²) in [6.07, 6.45) is 0. The van der Waals surface area contributed by atoms with E-state index >= 15 is 0 Å². The number of halogens is 1. The van der Waals surface area contributed by atoms with Crippen LogP contribution < -0.4 is 10.6 Å². The van der Waals surface area contributed by atoms with Gasteiger partial charge >= 0.3 is 11.9 Å². The van der Waals surface area contributed by atoms with Crippen LogP contribution >= 0.6 is 15.9 Å². The van der Waals surface area contributed by atoms with E-state index in [-0.39, 0.29) is 6.61 Å². The van der Waals surface area contributed by atoms with E-state index in [1.54, 1.807) is 20.8 Å². The van der Waals surface area contributed by atoms with Crippen LogP contribution in [-0.4, -0.2) is 25.7 Å². The molecule has 0 aliphatic carbocycles. The fourth-order valence-corrected chi connectivity index (χ4v) is 4.62. The van der Waals surface area contributed by atoms with Gasteiger partial charge in [-0.15, -0.1) is 0 Å². The van der Waals surface area contributed by atoms with Gasteiger partial charge in [-0.3, -0.25) is 0 Å². The van der Waals surface area contributed by atoms with Crippen LogP contribution in [0.4, 0.5) is 0 Å². The quantitative estimate of drug-likeness (QED) is 0.577. The summed E-state index contributed by atoms with van der Waals surface area (Å²) in [4.78, 5) is 25.0. The minimum atomic E-state index is -0.562. The van der Waals surface area contributed by atoms with Crippen molar-refractivity contribution in [2.75, 3.05) is 13.7 Å². The lowest BCUT2D eigenvalue weighted by atomic mass is 9.80. The average Bonchev–Trinajstić information content (AvgIpc) is 3.28. The Morgan fingerprint density at radius 3 is 2.03 bits per heavy atom. The number of rotatable bonds is 4. The molecule has 0 amide bonds. The molecule has 7 heteroatoms. The summed E-state index contributed by atoms with van der Waals surface area (Å²) in [6.45, 7) is 7.70. The van der Waals surface area contributed by atoms with Crippen molar-refractivity contribution in [1.29, 1.82) is 0 Å². The zero-order valence-corrected chi connectivity index (χ0v) is 20.9. The Balaban J connectivity index is 0.000000280. The third kappa shape index (κ3) is 5.54. The highest BCUT2D eigenvalue weighted by molar-refractivity contribution is 9.10. The molecule has 0 saturated heterocycles. The van der Waals surface area contributed by atoms with Crippen LogP contribution in [0.3, 0.4) is 0 Å². The molecule has 0 fully saturated rings. The number of carbonyl (C=O) groups excluding carboxylic acids is 2. The second kappa shape index (κ2) is 11.3. The van der Waals surface area contributed by atoms with Gasteiger partial charge in [0.25, 0.3) is 0 Å². The number of ether oxygens (including phenoxy) is 2. The van der Waals surface area contributed by atoms with Crippen LogP contribution in [-0.2, 0) is 32.2 Å². The molecule has 2 aliphatic rings. The van der Waals surface area contributed by atoms with Crippen molar-refractivity contribution >= 4 is 27.9 Å². The first-order valence-electron chi connectivity index (χ1n) is 10.8. The van der Waals surface area contributed by atoms with Crippen molar-refractivity contribution in [2.24, 2.45) is 0 Å². The summed E-state index contributed by atoms with van der Waals surface area (Å²) >= 11 is 3.52. The Hall–Kier alpha value is -2.90. The number of dihydropyridines is 1. The highest BCUT2D eigenvalue weighted by Gasteiger charge is 2.38. The van der Waals surface area contributed by atoms with Crippen LogP contribution in [0, 0.1) is 0 Å². The Morgan fingerprint density at radius 1 is 0.939 bits per heavy atom. The summed E-state index contributed by atoms with van der Waals surface area (Å²) in [6, 6.07) is 16.0. The van der Waals surface area contributed by atoms with E-state index in [1.807, 2.05) is 24.3 Å².